The summed E-state index contributed by atoms with van der Waals surface area (Å²) in [6, 6.07) is 11.0. The van der Waals surface area contributed by atoms with Crippen LogP contribution in [0.4, 0.5) is 0 Å². The number of nitrogens with one attached hydrogen (secondary N) is 1. The van der Waals surface area contributed by atoms with Gasteiger partial charge >= 0.3 is 7.12 Å². The number of benzene rings is 1. The molecule has 2 heterocycles. The lowest BCUT2D eigenvalue weighted by atomic mass is 9.76. The van der Waals surface area contributed by atoms with Crippen molar-refractivity contribution in [3.05, 3.63) is 66.2 Å². The van der Waals surface area contributed by atoms with Crippen LogP contribution in [-0.4, -0.2) is 34.0 Å². The number of para-hydroxylation sites is 1. The van der Waals surface area contributed by atoms with E-state index < -0.39 is 13.1 Å². The molecule has 6 nitrogen and oxygen atoms in total. The molecule has 3 aromatic rings. The molecule has 7 heteroatoms. The van der Waals surface area contributed by atoms with Gasteiger partial charge in [-0.2, -0.15) is 0 Å². The molecular formula is C17H17BN2O4. The summed E-state index contributed by atoms with van der Waals surface area (Å²) in [7, 11) is -1.67. The summed E-state index contributed by atoms with van der Waals surface area (Å²) < 4.78 is 5.45. The van der Waals surface area contributed by atoms with Gasteiger partial charge in [-0.3, -0.25) is 9.78 Å². The van der Waals surface area contributed by atoms with Crippen LogP contribution in [0.5, 0.6) is 0 Å². The van der Waals surface area contributed by atoms with Crippen LogP contribution in [0.15, 0.2) is 59.5 Å². The van der Waals surface area contributed by atoms with Crippen LogP contribution in [0.1, 0.15) is 11.1 Å². The Kier molecular flexibility index (Phi) is 4.93. The lowest BCUT2D eigenvalue weighted by Crippen LogP contribution is -2.48. The summed E-state index contributed by atoms with van der Waals surface area (Å²) >= 11 is 0. The number of hydrogen-bond donors (Lipinski definition) is 3. The van der Waals surface area contributed by atoms with E-state index >= 15 is 0 Å². The summed E-state index contributed by atoms with van der Waals surface area (Å²) in [5, 5.41) is 22.7. The molecule has 0 saturated carbocycles. The van der Waals surface area contributed by atoms with Gasteiger partial charge in [-0.05, 0) is 29.7 Å². The molecular weight excluding hydrogens is 307 g/mol. The maximum absolute atomic E-state index is 12.1. The highest BCUT2D eigenvalue weighted by molar-refractivity contribution is 6.43. The fourth-order valence-corrected chi connectivity index (χ4v) is 2.60. The quantitative estimate of drug-likeness (QED) is 0.590. The molecule has 24 heavy (non-hydrogen) atoms. The van der Waals surface area contributed by atoms with Crippen LogP contribution >= 0.6 is 0 Å². The minimum absolute atomic E-state index is 0.128. The van der Waals surface area contributed by atoms with Gasteiger partial charge in [-0.1, -0.05) is 24.3 Å². The average Bonchev–Trinajstić information content (AvgIpc) is 2.98. The first kappa shape index (κ1) is 16.2. The molecule has 2 aromatic heterocycles. The zero-order valence-corrected chi connectivity index (χ0v) is 12.9. The second kappa shape index (κ2) is 7.29. The maximum atomic E-state index is 12.1. The van der Waals surface area contributed by atoms with E-state index in [1.165, 1.54) is 0 Å². The van der Waals surface area contributed by atoms with Gasteiger partial charge in [0.2, 0.25) is 5.91 Å². The van der Waals surface area contributed by atoms with Crippen molar-refractivity contribution in [2.45, 2.75) is 18.8 Å². The van der Waals surface area contributed by atoms with Gasteiger partial charge in [0.1, 0.15) is 5.58 Å². The topological polar surface area (TPSA) is 95.6 Å². The number of nitrogens with zero attached hydrogens (tertiary/aromatic N) is 1. The van der Waals surface area contributed by atoms with Gasteiger partial charge in [0.15, 0.2) is 0 Å². The van der Waals surface area contributed by atoms with Crippen molar-refractivity contribution in [2.24, 2.45) is 0 Å². The van der Waals surface area contributed by atoms with Crippen LogP contribution in [0.3, 0.4) is 0 Å². The number of carbonyl (C=O) groups is 1. The molecule has 0 bridgehead atoms. The van der Waals surface area contributed by atoms with E-state index in [0.29, 0.717) is 0 Å². The minimum Gasteiger partial charge on any atom is -0.464 e. The van der Waals surface area contributed by atoms with Crippen LogP contribution in [-0.2, 0) is 17.6 Å². The van der Waals surface area contributed by atoms with E-state index in [4.69, 9.17) is 4.42 Å². The van der Waals surface area contributed by atoms with Gasteiger partial charge in [0.05, 0.1) is 18.6 Å². The smallest absolute Gasteiger partial charge is 0.464 e. The van der Waals surface area contributed by atoms with Crippen molar-refractivity contribution in [2.75, 3.05) is 0 Å². The molecule has 0 spiro atoms. The molecule has 1 aromatic carbocycles. The predicted octanol–water partition coefficient (Wildman–Crippen LogP) is 1.11. The van der Waals surface area contributed by atoms with Crippen molar-refractivity contribution < 1.29 is 19.3 Å². The van der Waals surface area contributed by atoms with Crippen LogP contribution in [0.2, 0.25) is 0 Å². The molecule has 3 N–H and O–H groups in total. The third-order valence-corrected chi connectivity index (χ3v) is 3.79. The van der Waals surface area contributed by atoms with E-state index in [1.54, 1.807) is 30.8 Å². The minimum atomic E-state index is -1.67. The Morgan fingerprint density at radius 3 is 2.83 bits per heavy atom. The van der Waals surface area contributed by atoms with Gasteiger partial charge in [0, 0.05) is 17.8 Å². The predicted molar refractivity (Wildman–Crippen MR) is 90.0 cm³/mol. The Bertz CT molecular complexity index is 820. The number of amides is 1. The fourth-order valence-electron chi connectivity index (χ4n) is 2.60. The van der Waals surface area contributed by atoms with Crippen LogP contribution in [0.25, 0.3) is 11.0 Å². The molecule has 0 saturated heterocycles. The van der Waals surface area contributed by atoms with Crippen molar-refractivity contribution in [1.29, 1.82) is 0 Å². The number of carbonyl (C=O) groups excluding carboxylic acids is 1. The van der Waals surface area contributed by atoms with Gasteiger partial charge in [0.25, 0.3) is 0 Å². The zero-order chi connectivity index (χ0) is 16.9. The summed E-state index contributed by atoms with van der Waals surface area (Å²) in [5.74, 6) is -1.12. The fraction of sp³-hybridized carbons (Fsp3) is 0.176. The van der Waals surface area contributed by atoms with Gasteiger partial charge in [-0.15, -0.1) is 0 Å². The second-order valence-electron chi connectivity index (χ2n) is 5.59. The molecule has 1 amide bonds. The SMILES string of the molecule is O=C(Cc1cccnc1)N[C@@H](Cc1coc2ccccc12)B(O)O. The van der Waals surface area contributed by atoms with Crippen molar-refractivity contribution >= 4 is 24.0 Å². The second-order valence-corrected chi connectivity index (χ2v) is 5.59. The maximum Gasteiger partial charge on any atom is 0.475 e. The van der Waals surface area contributed by atoms with E-state index in [1.807, 2.05) is 24.3 Å². The number of aromatic nitrogens is 1. The first-order valence-electron chi connectivity index (χ1n) is 7.63. The Morgan fingerprint density at radius 2 is 2.08 bits per heavy atom. The molecule has 0 radical (unpaired) electrons. The summed E-state index contributed by atoms with van der Waals surface area (Å²) in [6.45, 7) is 0. The Morgan fingerprint density at radius 1 is 1.25 bits per heavy atom. The molecule has 0 fully saturated rings. The van der Waals surface area contributed by atoms with Gasteiger partial charge < -0.3 is 19.8 Å². The lowest BCUT2D eigenvalue weighted by Gasteiger charge is -2.17. The number of fused-ring (bicyclic) bond motifs is 1. The van der Waals surface area contributed by atoms with E-state index in [-0.39, 0.29) is 18.7 Å². The molecule has 3 rings (SSSR count). The van der Waals surface area contributed by atoms with Gasteiger partial charge in [-0.25, -0.2) is 0 Å². The highest BCUT2D eigenvalue weighted by atomic mass is 16.4. The summed E-state index contributed by atoms with van der Waals surface area (Å²) in [6.07, 6.45) is 5.20. The molecule has 1 atom stereocenters. The first-order chi connectivity index (χ1) is 11.6. The third kappa shape index (κ3) is 3.82. The van der Waals surface area contributed by atoms with Crippen molar-refractivity contribution in [1.82, 2.24) is 10.3 Å². The van der Waals surface area contributed by atoms with Crippen LogP contribution in [0, 0.1) is 0 Å². The zero-order valence-electron chi connectivity index (χ0n) is 12.9. The van der Waals surface area contributed by atoms with E-state index in [2.05, 4.69) is 10.3 Å². The molecule has 0 aliphatic carbocycles. The van der Waals surface area contributed by atoms with Crippen LogP contribution < -0.4 is 5.32 Å². The highest BCUT2D eigenvalue weighted by Crippen LogP contribution is 2.22. The largest absolute Gasteiger partial charge is 0.475 e. The standard InChI is InChI=1S/C17H17BN2O4/c21-17(8-12-4-3-7-19-10-12)20-16(18(22)23)9-13-11-24-15-6-2-1-5-14(13)15/h1-7,10-11,16,22-23H,8-9H2,(H,20,21)/t16-/m0/s1. The lowest BCUT2D eigenvalue weighted by molar-refractivity contribution is -0.120. The number of furan rings is 1. The summed E-state index contributed by atoms with van der Waals surface area (Å²) in [5.41, 5.74) is 2.29. The normalized spacial score (nSPS) is 12.1. The first-order valence-corrected chi connectivity index (χ1v) is 7.63. The van der Waals surface area contributed by atoms with E-state index in [9.17, 15) is 14.8 Å². The Hall–Kier alpha value is -2.64. The van der Waals surface area contributed by atoms with Crippen molar-refractivity contribution in [3.63, 3.8) is 0 Å². The molecule has 0 aliphatic rings. The Labute approximate surface area is 139 Å². The van der Waals surface area contributed by atoms with E-state index in [0.717, 1.165) is 22.1 Å². The molecule has 122 valence electrons. The summed E-state index contributed by atoms with van der Waals surface area (Å²) in [4.78, 5) is 16.1. The number of hydrogen-bond acceptors (Lipinski definition) is 5. The molecule has 0 aliphatic heterocycles. The number of rotatable bonds is 6. The van der Waals surface area contributed by atoms with Crippen molar-refractivity contribution in [3.8, 4) is 0 Å². The molecule has 0 unspecified atom stereocenters. The Balaban J connectivity index is 1.70. The third-order valence-electron chi connectivity index (χ3n) is 3.79. The highest BCUT2D eigenvalue weighted by Gasteiger charge is 2.26. The number of pyridine rings is 1. The monoisotopic (exact) mass is 324 g/mol. The average molecular weight is 324 g/mol.